The molecular formula is C15H29NO. The maximum Gasteiger partial charge on any atom is 0.0806 e. The summed E-state index contributed by atoms with van der Waals surface area (Å²) in [5.41, 5.74) is 0.171. The maximum absolute atomic E-state index is 6.33. The summed E-state index contributed by atoms with van der Waals surface area (Å²) in [6.07, 6.45) is 9.42. The molecule has 2 aliphatic carbocycles. The number of nitrogens with one attached hydrogen (secondary N) is 1. The van der Waals surface area contributed by atoms with Gasteiger partial charge in [0.1, 0.15) is 0 Å². The zero-order valence-electron chi connectivity index (χ0n) is 11.6. The van der Waals surface area contributed by atoms with Gasteiger partial charge >= 0.3 is 0 Å². The minimum atomic E-state index is 0.171. The lowest BCUT2D eigenvalue weighted by Crippen LogP contribution is -2.46. The molecule has 0 atom stereocenters. The summed E-state index contributed by atoms with van der Waals surface area (Å²) in [5.74, 6) is 1.84. The van der Waals surface area contributed by atoms with Crippen LogP contribution in [0.3, 0.4) is 0 Å². The van der Waals surface area contributed by atoms with Crippen LogP contribution in [-0.2, 0) is 4.74 Å². The van der Waals surface area contributed by atoms with Gasteiger partial charge in [-0.15, -0.1) is 0 Å². The normalized spacial score (nSPS) is 33.9. The molecule has 0 heterocycles. The quantitative estimate of drug-likeness (QED) is 0.735. The molecule has 2 saturated carbocycles. The molecule has 0 aromatic heterocycles. The molecule has 0 bridgehead atoms. The molecule has 0 spiro atoms. The third kappa shape index (κ3) is 3.96. The van der Waals surface area contributed by atoms with Gasteiger partial charge in [0, 0.05) is 6.54 Å². The van der Waals surface area contributed by atoms with Crippen LogP contribution >= 0.6 is 0 Å². The number of likely N-dealkylation sites (N-methyl/N-ethyl adjacent to an activating group) is 1. The summed E-state index contributed by atoms with van der Waals surface area (Å²) < 4.78 is 6.33. The van der Waals surface area contributed by atoms with E-state index >= 15 is 0 Å². The molecule has 2 aliphatic rings. The molecule has 2 fully saturated rings. The molecule has 0 aromatic carbocycles. The molecule has 2 nitrogen and oxygen atoms in total. The van der Waals surface area contributed by atoms with Gasteiger partial charge < -0.3 is 10.1 Å². The smallest absolute Gasteiger partial charge is 0.0806 e. The van der Waals surface area contributed by atoms with Crippen molar-refractivity contribution in [3.8, 4) is 0 Å². The second kappa shape index (κ2) is 6.19. The Balaban J connectivity index is 1.82. The van der Waals surface area contributed by atoms with Crippen molar-refractivity contribution < 1.29 is 4.74 Å². The molecule has 2 rings (SSSR count). The van der Waals surface area contributed by atoms with E-state index in [2.05, 4.69) is 19.2 Å². The van der Waals surface area contributed by atoms with Crippen LogP contribution in [0.4, 0.5) is 0 Å². The highest BCUT2D eigenvalue weighted by Gasteiger charge is 2.37. The highest BCUT2D eigenvalue weighted by atomic mass is 16.5. The van der Waals surface area contributed by atoms with Crippen molar-refractivity contribution in [1.29, 1.82) is 0 Å². The lowest BCUT2D eigenvalue weighted by molar-refractivity contribution is -0.0803. The van der Waals surface area contributed by atoms with Gasteiger partial charge in [-0.1, -0.05) is 20.3 Å². The van der Waals surface area contributed by atoms with Gasteiger partial charge in [-0.25, -0.2) is 0 Å². The van der Waals surface area contributed by atoms with Crippen LogP contribution in [0, 0.1) is 11.8 Å². The third-order valence-corrected chi connectivity index (χ3v) is 4.61. The van der Waals surface area contributed by atoms with E-state index in [9.17, 15) is 0 Å². The van der Waals surface area contributed by atoms with E-state index < -0.39 is 0 Å². The fraction of sp³-hybridized carbons (Fsp3) is 1.00. The number of hydrogen-bond donors (Lipinski definition) is 1. The van der Waals surface area contributed by atoms with Gasteiger partial charge in [0.05, 0.1) is 12.2 Å². The molecule has 0 unspecified atom stereocenters. The Bertz CT molecular complexity index is 217. The summed E-state index contributed by atoms with van der Waals surface area (Å²) in [4.78, 5) is 0. The minimum absolute atomic E-state index is 0.171. The average Bonchev–Trinajstić information content (AvgIpc) is 3.19. The molecule has 100 valence electrons. The number of rotatable bonds is 7. The molecule has 0 saturated heterocycles. The van der Waals surface area contributed by atoms with Gasteiger partial charge in [-0.05, 0) is 56.9 Å². The molecule has 0 aromatic rings. The van der Waals surface area contributed by atoms with Crippen LogP contribution in [0.5, 0.6) is 0 Å². The van der Waals surface area contributed by atoms with Crippen molar-refractivity contribution in [2.75, 3.05) is 19.7 Å². The Labute approximate surface area is 107 Å². The van der Waals surface area contributed by atoms with E-state index in [4.69, 9.17) is 4.74 Å². The van der Waals surface area contributed by atoms with Crippen molar-refractivity contribution in [1.82, 2.24) is 5.32 Å². The van der Waals surface area contributed by atoms with E-state index in [0.29, 0.717) is 0 Å². The van der Waals surface area contributed by atoms with Gasteiger partial charge in [0.15, 0.2) is 0 Å². The van der Waals surface area contributed by atoms with Crippen molar-refractivity contribution >= 4 is 0 Å². The van der Waals surface area contributed by atoms with E-state index in [1.165, 1.54) is 44.9 Å². The summed E-state index contributed by atoms with van der Waals surface area (Å²) in [6.45, 7) is 7.65. The van der Waals surface area contributed by atoms with Gasteiger partial charge in [0.25, 0.3) is 0 Å². The van der Waals surface area contributed by atoms with Gasteiger partial charge in [-0.3, -0.25) is 0 Å². The fourth-order valence-corrected chi connectivity index (χ4v) is 2.92. The first-order valence-electron chi connectivity index (χ1n) is 7.62. The molecule has 0 aliphatic heterocycles. The van der Waals surface area contributed by atoms with Crippen LogP contribution in [0.15, 0.2) is 0 Å². The Hall–Kier alpha value is -0.0800. The molecule has 1 N–H and O–H groups in total. The summed E-state index contributed by atoms with van der Waals surface area (Å²) in [6, 6.07) is 0. The molecule has 0 amide bonds. The van der Waals surface area contributed by atoms with Crippen molar-refractivity contribution in [3.63, 3.8) is 0 Å². The van der Waals surface area contributed by atoms with Crippen LogP contribution in [0.2, 0.25) is 0 Å². The first-order valence-corrected chi connectivity index (χ1v) is 7.62. The summed E-state index contributed by atoms with van der Waals surface area (Å²) in [7, 11) is 0. The van der Waals surface area contributed by atoms with Gasteiger partial charge in [0.2, 0.25) is 0 Å². The van der Waals surface area contributed by atoms with Crippen LogP contribution in [0.25, 0.3) is 0 Å². The first-order chi connectivity index (χ1) is 8.28. The molecule has 0 radical (unpaired) electrons. The van der Waals surface area contributed by atoms with Crippen LogP contribution in [0.1, 0.15) is 58.8 Å². The molecule has 17 heavy (non-hydrogen) atoms. The van der Waals surface area contributed by atoms with E-state index in [0.717, 1.165) is 31.5 Å². The topological polar surface area (TPSA) is 21.3 Å². The van der Waals surface area contributed by atoms with Crippen molar-refractivity contribution in [3.05, 3.63) is 0 Å². The predicted molar refractivity (Wildman–Crippen MR) is 72.2 cm³/mol. The van der Waals surface area contributed by atoms with E-state index in [1.54, 1.807) is 0 Å². The fourth-order valence-electron chi connectivity index (χ4n) is 2.92. The average molecular weight is 239 g/mol. The summed E-state index contributed by atoms with van der Waals surface area (Å²) >= 11 is 0. The lowest BCUT2D eigenvalue weighted by atomic mass is 9.77. The largest absolute Gasteiger partial charge is 0.373 e. The highest BCUT2D eigenvalue weighted by Crippen LogP contribution is 2.38. The van der Waals surface area contributed by atoms with Gasteiger partial charge in [-0.2, -0.15) is 0 Å². The second-order valence-electron chi connectivity index (χ2n) is 6.07. The SMILES string of the molecule is CCNCC1(OCC2CC2)CCC(CC)CC1. The Kier molecular flexibility index (Phi) is 4.87. The predicted octanol–water partition coefficient (Wildman–Crippen LogP) is 3.36. The number of hydrogen-bond acceptors (Lipinski definition) is 2. The Morgan fingerprint density at radius 3 is 2.29 bits per heavy atom. The zero-order valence-corrected chi connectivity index (χ0v) is 11.6. The first kappa shape index (κ1) is 13.4. The van der Waals surface area contributed by atoms with Crippen LogP contribution < -0.4 is 5.32 Å². The molecule has 2 heteroatoms. The monoisotopic (exact) mass is 239 g/mol. The standard InChI is InChI=1S/C15H29NO/c1-3-13-7-9-15(10-8-13,12-16-4-2)17-11-14-5-6-14/h13-14,16H,3-12H2,1-2H3. The molecular weight excluding hydrogens is 210 g/mol. The highest BCUT2D eigenvalue weighted by molar-refractivity contribution is 4.90. The number of ether oxygens (including phenoxy) is 1. The van der Waals surface area contributed by atoms with Crippen LogP contribution in [-0.4, -0.2) is 25.3 Å². The lowest BCUT2D eigenvalue weighted by Gasteiger charge is -2.40. The van der Waals surface area contributed by atoms with Crippen molar-refractivity contribution in [2.24, 2.45) is 11.8 Å². The third-order valence-electron chi connectivity index (χ3n) is 4.61. The summed E-state index contributed by atoms with van der Waals surface area (Å²) in [5, 5.41) is 3.51. The maximum atomic E-state index is 6.33. The Morgan fingerprint density at radius 1 is 1.06 bits per heavy atom. The van der Waals surface area contributed by atoms with E-state index in [1.807, 2.05) is 0 Å². The van der Waals surface area contributed by atoms with E-state index in [-0.39, 0.29) is 5.60 Å². The zero-order chi connectivity index (χ0) is 12.1. The Morgan fingerprint density at radius 2 is 1.76 bits per heavy atom. The van der Waals surface area contributed by atoms with Crippen molar-refractivity contribution in [2.45, 2.75) is 64.4 Å². The minimum Gasteiger partial charge on any atom is -0.373 e. The second-order valence-corrected chi connectivity index (χ2v) is 6.07.